The van der Waals surface area contributed by atoms with Crippen LogP contribution in [0.3, 0.4) is 0 Å². The van der Waals surface area contributed by atoms with E-state index in [4.69, 9.17) is 0 Å². The van der Waals surface area contributed by atoms with Crippen LogP contribution in [0.4, 0.5) is 0 Å². The lowest BCUT2D eigenvalue weighted by Crippen LogP contribution is -2.25. The van der Waals surface area contributed by atoms with Gasteiger partial charge in [-0.15, -0.1) is 0 Å². The third-order valence-electron chi connectivity index (χ3n) is 3.97. The number of imidazole rings is 1. The summed E-state index contributed by atoms with van der Waals surface area (Å²) in [4.78, 5) is 20.7. The van der Waals surface area contributed by atoms with E-state index in [2.05, 4.69) is 53.4 Å². The molecular formula is C20H22N4OS. The SMILES string of the molecule is CC(C)c1ccc(-n2ccnc2SCC(=O)NCc2ccccn2)cc1. The molecule has 0 aliphatic heterocycles. The second kappa shape index (κ2) is 8.67. The van der Waals surface area contributed by atoms with Crippen LogP contribution in [0.25, 0.3) is 5.69 Å². The first-order valence-electron chi connectivity index (χ1n) is 8.56. The summed E-state index contributed by atoms with van der Waals surface area (Å²) in [5, 5.41) is 3.68. The number of carbonyl (C=O) groups excluding carboxylic acids is 1. The van der Waals surface area contributed by atoms with Crippen LogP contribution in [-0.2, 0) is 11.3 Å². The average Bonchev–Trinajstić information content (AvgIpc) is 3.14. The van der Waals surface area contributed by atoms with Gasteiger partial charge in [0.2, 0.25) is 5.91 Å². The number of pyridine rings is 1. The number of hydrogen-bond acceptors (Lipinski definition) is 4. The van der Waals surface area contributed by atoms with Gasteiger partial charge in [0.15, 0.2) is 5.16 Å². The Morgan fingerprint density at radius 2 is 1.92 bits per heavy atom. The molecule has 1 amide bonds. The van der Waals surface area contributed by atoms with Crippen LogP contribution in [0.2, 0.25) is 0 Å². The van der Waals surface area contributed by atoms with Crippen LogP contribution >= 0.6 is 11.8 Å². The summed E-state index contributed by atoms with van der Waals surface area (Å²) in [6.07, 6.45) is 5.39. The lowest BCUT2D eigenvalue weighted by Gasteiger charge is -2.10. The van der Waals surface area contributed by atoms with Gasteiger partial charge < -0.3 is 5.32 Å². The first kappa shape index (κ1) is 18.2. The first-order chi connectivity index (χ1) is 12.6. The Labute approximate surface area is 157 Å². The predicted molar refractivity (Wildman–Crippen MR) is 104 cm³/mol. The highest BCUT2D eigenvalue weighted by molar-refractivity contribution is 7.99. The highest BCUT2D eigenvalue weighted by Crippen LogP contribution is 2.22. The van der Waals surface area contributed by atoms with E-state index in [0.29, 0.717) is 18.2 Å². The molecule has 6 heteroatoms. The third-order valence-corrected chi connectivity index (χ3v) is 4.94. The lowest BCUT2D eigenvalue weighted by atomic mass is 10.0. The summed E-state index contributed by atoms with van der Waals surface area (Å²) in [6.45, 7) is 4.79. The summed E-state index contributed by atoms with van der Waals surface area (Å²) in [7, 11) is 0. The van der Waals surface area contributed by atoms with Crippen molar-refractivity contribution in [2.75, 3.05) is 5.75 Å². The normalized spacial score (nSPS) is 10.9. The fourth-order valence-electron chi connectivity index (χ4n) is 2.49. The molecule has 0 fully saturated rings. The molecule has 1 N–H and O–H groups in total. The quantitative estimate of drug-likeness (QED) is 0.646. The van der Waals surface area contributed by atoms with Gasteiger partial charge in [-0.2, -0.15) is 0 Å². The second-order valence-corrected chi connectivity index (χ2v) is 7.16. The Morgan fingerprint density at radius 1 is 1.12 bits per heavy atom. The molecule has 0 spiro atoms. The van der Waals surface area contributed by atoms with Gasteiger partial charge in [0.1, 0.15) is 0 Å². The second-order valence-electron chi connectivity index (χ2n) is 6.21. The van der Waals surface area contributed by atoms with Crippen molar-refractivity contribution >= 4 is 17.7 Å². The summed E-state index contributed by atoms with van der Waals surface area (Å²) < 4.78 is 2.00. The monoisotopic (exact) mass is 366 g/mol. The van der Waals surface area contributed by atoms with E-state index >= 15 is 0 Å². The van der Waals surface area contributed by atoms with Gasteiger partial charge in [0, 0.05) is 24.3 Å². The van der Waals surface area contributed by atoms with Gasteiger partial charge in [-0.25, -0.2) is 4.98 Å². The number of benzene rings is 1. The molecule has 0 atom stereocenters. The van der Waals surface area contributed by atoms with Crippen molar-refractivity contribution < 1.29 is 4.79 Å². The topological polar surface area (TPSA) is 59.8 Å². The van der Waals surface area contributed by atoms with Crippen LogP contribution in [0.5, 0.6) is 0 Å². The van der Waals surface area contributed by atoms with Gasteiger partial charge in [-0.05, 0) is 35.7 Å². The van der Waals surface area contributed by atoms with Crippen molar-refractivity contribution in [3.8, 4) is 5.69 Å². The van der Waals surface area contributed by atoms with Gasteiger partial charge in [-0.1, -0.05) is 43.8 Å². The van der Waals surface area contributed by atoms with Gasteiger partial charge in [0.05, 0.1) is 18.0 Å². The molecule has 2 heterocycles. The zero-order chi connectivity index (χ0) is 18.4. The summed E-state index contributed by atoms with van der Waals surface area (Å²) in [5.41, 5.74) is 3.19. The Balaban J connectivity index is 1.57. The molecule has 0 saturated carbocycles. The molecule has 134 valence electrons. The zero-order valence-corrected chi connectivity index (χ0v) is 15.7. The number of carbonyl (C=O) groups is 1. The number of nitrogens with one attached hydrogen (secondary N) is 1. The molecular weight excluding hydrogens is 344 g/mol. The molecule has 1 aromatic carbocycles. The van der Waals surface area contributed by atoms with Crippen molar-refractivity contribution in [3.05, 3.63) is 72.3 Å². The summed E-state index contributed by atoms with van der Waals surface area (Å²) in [6, 6.07) is 14.1. The Kier molecular flexibility index (Phi) is 6.07. The molecule has 0 aliphatic carbocycles. The lowest BCUT2D eigenvalue weighted by molar-refractivity contribution is -0.118. The van der Waals surface area contributed by atoms with Crippen LogP contribution in [0, 0.1) is 0 Å². The minimum absolute atomic E-state index is 0.0367. The Hall–Kier alpha value is -2.60. The number of nitrogens with zero attached hydrogens (tertiary/aromatic N) is 3. The summed E-state index contributed by atoms with van der Waals surface area (Å²) >= 11 is 1.42. The molecule has 0 bridgehead atoms. The minimum atomic E-state index is -0.0367. The van der Waals surface area contributed by atoms with Gasteiger partial charge in [0.25, 0.3) is 0 Å². The molecule has 5 nitrogen and oxygen atoms in total. The molecule has 0 saturated heterocycles. The first-order valence-corrected chi connectivity index (χ1v) is 9.55. The van der Waals surface area contributed by atoms with Crippen LogP contribution in [0.15, 0.2) is 66.2 Å². The number of thioether (sulfide) groups is 1. The molecule has 2 aromatic heterocycles. The number of hydrogen-bond donors (Lipinski definition) is 1. The number of rotatable bonds is 7. The molecule has 0 aliphatic rings. The average molecular weight is 366 g/mol. The van der Waals surface area contributed by atoms with E-state index in [9.17, 15) is 4.79 Å². The maximum atomic E-state index is 12.1. The van der Waals surface area contributed by atoms with E-state index < -0.39 is 0 Å². The largest absolute Gasteiger partial charge is 0.350 e. The molecule has 3 aromatic rings. The number of aromatic nitrogens is 3. The van der Waals surface area contributed by atoms with E-state index in [1.165, 1.54) is 17.3 Å². The van der Waals surface area contributed by atoms with E-state index in [-0.39, 0.29) is 5.91 Å². The van der Waals surface area contributed by atoms with Crippen LogP contribution in [-0.4, -0.2) is 26.2 Å². The smallest absolute Gasteiger partial charge is 0.230 e. The van der Waals surface area contributed by atoms with Gasteiger partial charge in [-0.3, -0.25) is 14.3 Å². The van der Waals surface area contributed by atoms with Crippen molar-refractivity contribution in [2.24, 2.45) is 0 Å². The predicted octanol–water partition coefficient (Wildman–Crippen LogP) is 3.80. The molecule has 26 heavy (non-hydrogen) atoms. The fourth-order valence-corrected chi connectivity index (χ4v) is 3.29. The van der Waals surface area contributed by atoms with Crippen molar-refractivity contribution in [2.45, 2.75) is 31.5 Å². The van der Waals surface area contributed by atoms with E-state index in [1.807, 2.05) is 29.0 Å². The molecule has 0 unspecified atom stereocenters. The molecule has 0 radical (unpaired) electrons. The Morgan fingerprint density at radius 3 is 2.62 bits per heavy atom. The summed E-state index contributed by atoms with van der Waals surface area (Å²) in [5.74, 6) is 0.780. The van der Waals surface area contributed by atoms with Crippen molar-refractivity contribution in [3.63, 3.8) is 0 Å². The highest BCUT2D eigenvalue weighted by atomic mass is 32.2. The Bertz CT molecular complexity index is 844. The molecule has 3 rings (SSSR count). The highest BCUT2D eigenvalue weighted by Gasteiger charge is 2.09. The van der Waals surface area contributed by atoms with Gasteiger partial charge >= 0.3 is 0 Å². The maximum Gasteiger partial charge on any atom is 0.230 e. The van der Waals surface area contributed by atoms with Crippen molar-refractivity contribution in [1.82, 2.24) is 19.9 Å². The minimum Gasteiger partial charge on any atom is -0.350 e. The van der Waals surface area contributed by atoms with E-state index in [1.54, 1.807) is 12.4 Å². The fraction of sp³-hybridized carbons (Fsp3) is 0.250. The van der Waals surface area contributed by atoms with Crippen LogP contribution in [0.1, 0.15) is 31.0 Å². The third kappa shape index (κ3) is 4.73. The maximum absolute atomic E-state index is 12.1. The zero-order valence-electron chi connectivity index (χ0n) is 14.9. The number of amides is 1. The van der Waals surface area contributed by atoms with Crippen molar-refractivity contribution in [1.29, 1.82) is 0 Å². The van der Waals surface area contributed by atoms with Crippen LogP contribution < -0.4 is 5.32 Å². The van der Waals surface area contributed by atoms with E-state index in [0.717, 1.165) is 16.5 Å². The standard InChI is InChI=1S/C20H22N4OS/c1-15(2)16-6-8-18(9-7-16)24-12-11-22-20(24)26-14-19(25)23-13-17-5-3-4-10-21-17/h3-12,15H,13-14H2,1-2H3,(H,23,25).